The average Bonchev–Trinajstić information content (AvgIpc) is 3.37. The quantitative estimate of drug-likeness (QED) is 0.584. The number of methoxy groups -OCH3 is 1. The summed E-state index contributed by atoms with van der Waals surface area (Å²) in [6.45, 7) is 0. The zero-order valence-corrected chi connectivity index (χ0v) is 15.9. The van der Waals surface area contributed by atoms with Crippen molar-refractivity contribution < 1.29 is 9.47 Å². The molecule has 3 aromatic rings. The zero-order chi connectivity index (χ0) is 20.2. The van der Waals surface area contributed by atoms with E-state index in [1.807, 2.05) is 30.3 Å². The fraction of sp³-hybridized carbons (Fsp3) is 0.300. The minimum atomic E-state index is 0.0882. The van der Waals surface area contributed by atoms with Gasteiger partial charge in [0, 0.05) is 12.1 Å². The first kappa shape index (κ1) is 18.7. The molecule has 1 aliphatic rings. The standard InChI is InChI=1S/C20H21N7O2/c1-28-16-3-2-4-17(29-14-6-5-12(22)7-14)20(16)15-8-18(27-26-15)25-19-11-23-13(9-21)10-24-19/h2-4,8,10-12,14H,5-7,22H2,1H3,(H2,24,25,26,27)/t12-,14+/m0/s1. The number of ether oxygens (including phenoxy) is 2. The Kier molecular flexibility index (Phi) is 5.27. The summed E-state index contributed by atoms with van der Waals surface area (Å²) in [6, 6.07) is 9.65. The first-order valence-electron chi connectivity index (χ1n) is 9.30. The minimum absolute atomic E-state index is 0.0882. The van der Waals surface area contributed by atoms with Crippen LogP contribution in [0.25, 0.3) is 11.3 Å². The molecule has 0 aliphatic heterocycles. The molecule has 2 atom stereocenters. The van der Waals surface area contributed by atoms with Crippen LogP contribution < -0.4 is 20.5 Å². The Morgan fingerprint density at radius 3 is 2.76 bits per heavy atom. The number of nitrogens with two attached hydrogens (primary N) is 1. The van der Waals surface area contributed by atoms with Crippen LogP contribution in [-0.2, 0) is 0 Å². The van der Waals surface area contributed by atoms with Crippen molar-refractivity contribution in [3.05, 3.63) is 42.4 Å². The number of hydrogen-bond acceptors (Lipinski definition) is 8. The SMILES string of the molecule is COc1cccc(O[C@@H]2CC[C@H](N)C2)c1-c1cc(Nc2cnc(C#N)cn2)n[nH]1. The second kappa shape index (κ2) is 8.16. The van der Waals surface area contributed by atoms with E-state index in [0.717, 1.165) is 36.3 Å². The number of nitriles is 1. The number of H-pyrrole nitrogens is 1. The molecule has 0 unspecified atom stereocenters. The maximum Gasteiger partial charge on any atom is 0.158 e. The molecule has 9 nitrogen and oxygen atoms in total. The molecule has 0 bridgehead atoms. The van der Waals surface area contributed by atoms with Crippen molar-refractivity contribution in [2.75, 3.05) is 12.4 Å². The highest BCUT2D eigenvalue weighted by Crippen LogP contribution is 2.39. The first-order valence-corrected chi connectivity index (χ1v) is 9.30. The normalized spacial score (nSPS) is 18.2. The Bertz CT molecular complexity index is 1030. The van der Waals surface area contributed by atoms with Crippen LogP contribution in [0.4, 0.5) is 11.6 Å². The molecule has 0 saturated heterocycles. The van der Waals surface area contributed by atoms with E-state index in [-0.39, 0.29) is 17.8 Å². The third kappa shape index (κ3) is 4.12. The van der Waals surface area contributed by atoms with E-state index in [1.165, 1.54) is 12.4 Å². The summed E-state index contributed by atoms with van der Waals surface area (Å²) in [5.41, 5.74) is 7.80. The van der Waals surface area contributed by atoms with Crippen molar-refractivity contribution in [3.63, 3.8) is 0 Å². The van der Waals surface area contributed by atoms with Gasteiger partial charge in [-0.15, -0.1) is 0 Å². The third-order valence-corrected chi connectivity index (χ3v) is 4.80. The number of anilines is 2. The number of nitrogens with one attached hydrogen (secondary N) is 2. The van der Waals surface area contributed by atoms with E-state index >= 15 is 0 Å². The van der Waals surface area contributed by atoms with Gasteiger partial charge in [0.2, 0.25) is 0 Å². The van der Waals surface area contributed by atoms with Crippen LogP contribution in [0, 0.1) is 11.3 Å². The molecule has 4 N–H and O–H groups in total. The van der Waals surface area contributed by atoms with Gasteiger partial charge in [0.1, 0.15) is 29.5 Å². The van der Waals surface area contributed by atoms with Crippen LogP contribution in [0.5, 0.6) is 11.5 Å². The summed E-state index contributed by atoms with van der Waals surface area (Å²) < 4.78 is 11.8. The highest BCUT2D eigenvalue weighted by atomic mass is 16.5. The summed E-state index contributed by atoms with van der Waals surface area (Å²) in [4.78, 5) is 8.13. The lowest BCUT2D eigenvalue weighted by molar-refractivity contribution is 0.208. The lowest BCUT2D eigenvalue weighted by atomic mass is 10.1. The molecule has 1 aromatic carbocycles. The molecule has 1 saturated carbocycles. The maximum atomic E-state index is 8.82. The highest BCUT2D eigenvalue weighted by molar-refractivity contribution is 5.76. The Balaban J connectivity index is 1.59. The van der Waals surface area contributed by atoms with Crippen LogP contribution in [0.3, 0.4) is 0 Å². The number of rotatable bonds is 6. The second-order valence-corrected chi connectivity index (χ2v) is 6.84. The summed E-state index contributed by atoms with van der Waals surface area (Å²) in [5, 5.41) is 19.2. The van der Waals surface area contributed by atoms with E-state index in [1.54, 1.807) is 7.11 Å². The number of aromatic amines is 1. The fourth-order valence-electron chi connectivity index (χ4n) is 3.40. The van der Waals surface area contributed by atoms with Gasteiger partial charge in [0.15, 0.2) is 11.5 Å². The topological polar surface area (TPSA) is 135 Å². The van der Waals surface area contributed by atoms with Crippen molar-refractivity contribution in [3.8, 4) is 28.8 Å². The smallest absolute Gasteiger partial charge is 0.158 e. The Morgan fingerprint density at radius 2 is 2.07 bits per heavy atom. The molecule has 2 heterocycles. The molecule has 2 aromatic heterocycles. The predicted octanol–water partition coefficient (Wildman–Crippen LogP) is 2.75. The van der Waals surface area contributed by atoms with E-state index < -0.39 is 0 Å². The molecular formula is C20H21N7O2. The van der Waals surface area contributed by atoms with Gasteiger partial charge in [0.25, 0.3) is 0 Å². The second-order valence-electron chi connectivity index (χ2n) is 6.84. The van der Waals surface area contributed by atoms with Gasteiger partial charge >= 0.3 is 0 Å². The van der Waals surface area contributed by atoms with E-state index in [4.69, 9.17) is 20.5 Å². The summed E-state index contributed by atoms with van der Waals surface area (Å²) in [7, 11) is 1.62. The van der Waals surface area contributed by atoms with Crippen LogP contribution in [-0.4, -0.2) is 39.4 Å². The zero-order valence-electron chi connectivity index (χ0n) is 15.9. The van der Waals surface area contributed by atoms with Crippen molar-refractivity contribution in [1.29, 1.82) is 5.26 Å². The van der Waals surface area contributed by atoms with Gasteiger partial charge in [-0.2, -0.15) is 10.4 Å². The summed E-state index contributed by atoms with van der Waals surface area (Å²) in [6.07, 6.45) is 5.70. The molecule has 148 valence electrons. The van der Waals surface area contributed by atoms with Crippen LogP contribution in [0.15, 0.2) is 36.7 Å². The third-order valence-electron chi connectivity index (χ3n) is 4.80. The van der Waals surface area contributed by atoms with Crippen molar-refractivity contribution in [1.82, 2.24) is 20.2 Å². The van der Waals surface area contributed by atoms with Crippen molar-refractivity contribution in [2.24, 2.45) is 5.73 Å². The molecule has 1 fully saturated rings. The Hall–Kier alpha value is -3.64. The minimum Gasteiger partial charge on any atom is -0.496 e. The van der Waals surface area contributed by atoms with Crippen LogP contribution >= 0.6 is 0 Å². The lowest BCUT2D eigenvalue weighted by Gasteiger charge is -2.18. The van der Waals surface area contributed by atoms with Crippen molar-refractivity contribution in [2.45, 2.75) is 31.4 Å². The Morgan fingerprint density at radius 1 is 1.21 bits per heavy atom. The van der Waals surface area contributed by atoms with Crippen LogP contribution in [0.2, 0.25) is 0 Å². The maximum absolute atomic E-state index is 8.82. The van der Waals surface area contributed by atoms with Gasteiger partial charge in [0.05, 0.1) is 30.8 Å². The molecule has 0 amide bonds. The predicted molar refractivity (Wildman–Crippen MR) is 107 cm³/mol. The highest BCUT2D eigenvalue weighted by Gasteiger charge is 2.25. The summed E-state index contributed by atoms with van der Waals surface area (Å²) in [5.74, 6) is 2.44. The number of benzene rings is 1. The van der Waals surface area contributed by atoms with Gasteiger partial charge < -0.3 is 20.5 Å². The molecule has 1 aliphatic carbocycles. The Labute approximate surface area is 167 Å². The summed E-state index contributed by atoms with van der Waals surface area (Å²) >= 11 is 0. The molecular weight excluding hydrogens is 370 g/mol. The van der Waals surface area contributed by atoms with Gasteiger partial charge in [-0.25, -0.2) is 9.97 Å². The van der Waals surface area contributed by atoms with E-state index in [0.29, 0.717) is 17.4 Å². The van der Waals surface area contributed by atoms with E-state index in [9.17, 15) is 0 Å². The number of hydrogen-bond donors (Lipinski definition) is 3. The first-order chi connectivity index (χ1) is 14.2. The molecule has 9 heteroatoms. The lowest BCUT2D eigenvalue weighted by Crippen LogP contribution is -2.19. The molecule has 4 rings (SSSR count). The average molecular weight is 391 g/mol. The van der Waals surface area contributed by atoms with Gasteiger partial charge in [-0.1, -0.05) is 6.07 Å². The van der Waals surface area contributed by atoms with Gasteiger partial charge in [-0.3, -0.25) is 5.10 Å². The number of aromatic nitrogens is 4. The monoisotopic (exact) mass is 391 g/mol. The molecule has 0 radical (unpaired) electrons. The largest absolute Gasteiger partial charge is 0.496 e. The molecule has 0 spiro atoms. The van der Waals surface area contributed by atoms with E-state index in [2.05, 4.69) is 25.5 Å². The number of nitrogens with zero attached hydrogens (tertiary/aromatic N) is 4. The van der Waals surface area contributed by atoms with Crippen molar-refractivity contribution >= 4 is 11.6 Å². The molecule has 29 heavy (non-hydrogen) atoms. The fourth-order valence-corrected chi connectivity index (χ4v) is 3.40. The van der Waals surface area contributed by atoms with Gasteiger partial charge in [-0.05, 0) is 31.4 Å². The van der Waals surface area contributed by atoms with Crippen LogP contribution in [0.1, 0.15) is 25.0 Å².